The maximum Gasteiger partial charge on any atom is 0.451 e. The van der Waals surface area contributed by atoms with Crippen molar-refractivity contribution >= 4 is 0 Å². The summed E-state index contributed by atoms with van der Waals surface area (Å²) in [4.78, 5) is 14.1. The Morgan fingerprint density at radius 2 is 1.90 bits per heavy atom. The zero-order chi connectivity index (χ0) is 21.5. The fourth-order valence-electron chi connectivity index (χ4n) is 4.41. The molecule has 2 aliphatic rings. The van der Waals surface area contributed by atoms with Crippen LogP contribution in [0.3, 0.4) is 0 Å². The van der Waals surface area contributed by atoms with Gasteiger partial charge in [-0.3, -0.25) is 4.90 Å². The van der Waals surface area contributed by atoms with Crippen LogP contribution in [0.4, 0.5) is 13.2 Å². The van der Waals surface area contributed by atoms with Crippen LogP contribution in [0.1, 0.15) is 63.6 Å². The van der Waals surface area contributed by atoms with Crippen molar-refractivity contribution in [1.29, 1.82) is 0 Å². The molecule has 2 aromatic rings. The average molecular weight is 424 g/mol. The summed E-state index contributed by atoms with van der Waals surface area (Å²) in [6.07, 6.45) is 1.10. The lowest BCUT2D eigenvalue weighted by Gasteiger charge is -2.35. The van der Waals surface area contributed by atoms with E-state index >= 15 is 0 Å². The Bertz CT molecular complexity index is 866. The van der Waals surface area contributed by atoms with E-state index in [9.17, 15) is 13.2 Å². The third-order valence-electron chi connectivity index (χ3n) is 5.87. The number of hydrogen-bond acceptors (Lipinski definition) is 6. The molecule has 3 heterocycles. The van der Waals surface area contributed by atoms with Crippen LogP contribution in [0.2, 0.25) is 0 Å². The van der Waals surface area contributed by atoms with E-state index in [4.69, 9.17) is 9.72 Å². The van der Waals surface area contributed by atoms with E-state index in [0.29, 0.717) is 17.4 Å². The van der Waals surface area contributed by atoms with Gasteiger partial charge in [0.25, 0.3) is 0 Å². The van der Waals surface area contributed by atoms with Crippen LogP contribution < -0.4 is 0 Å². The van der Waals surface area contributed by atoms with E-state index in [1.54, 1.807) is 0 Å². The van der Waals surface area contributed by atoms with Gasteiger partial charge in [0.05, 0.1) is 18.3 Å². The molecule has 1 saturated heterocycles. The second-order valence-electron chi connectivity index (χ2n) is 8.47. The van der Waals surface area contributed by atoms with E-state index < -0.39 is 12.0 Å². The molecule has 3 atom stereocenters. The molecule has 2 fully saturated rings. The average Bonchev–Trinajstić information content (AvgIpc) is 3.35. The van der Waals surface area contributed by atoms with Crippen LogP contribution in [-0.4, -0.2) is 61.5 Å². The molecule has 0 N–H and O–H groups in total. The molecule has 164 valence electrons. The van der Waals surface area contributed by atoms with Crippen LogP contribution in [0.5, 0.6) is 0 Å². The minimum atomic E-state index is -4.57. The number of alkyl halides is 3. The monoisotopic (exact) mass is 424 g/mol. The van der Waals surface area contributed by atoms with Gasteiger partial charge in [0.1, 0.15) is 5.82 Å². The second kappa shape index (κ2) is 8.22. The highest BCUT2D eigenvalue weighted by molar-refractivity contribution is 5.51. The Morgan fingerprint density at radius 1 is 1.17 bits per heavy atom. The first-order valence-electron chi connectivity index (χ1n) is 10.4. The predicted molar refractivity (Wildman–Crippen MR) is 104 cm³/mol. The van der Waals surface area contributed by atoms with Crippen LogP contribution in [0.15, 0.2) is 12.4 Å². The van der Waals surface area contributed by atoms with Gasteiger partial charge in [0.2, 0.25) is 5.82 Å². The van der Waals surface area contributed by atoms with Gasteiger partial charge in [-0.05, 0) is 40.0 Å². The number of nitrogens with zero attached hydrogens (tertiary/aromatic N) is 6. The number of ether oxygens (including phenoxy) is 1. The van der Waals surface area contributed by atoms with Crippen LogP contribution in [0, 0.1) is 0 Å². The van der Waals surface area contributed by atoms with Crippen molar-refractivity contribution in [1.82, 2.24) is 29.6 Å². The zero-order valence-electron chi connectivity index (χ0n) is 17.4. The number of hydrogen-bond donors (Lipinski definition) is 0. The van der Waals surface area contributed by atoms with Gasteiger partial charge in [-0.2, -0.15) is 18.3 Å². The molecule has 1 aliphatic carbocycles. The van der Waals surface area contributed by atoms with E-state index in [2.05, 4.69) is 26.9 Å². The largest absolute Gasteiger partial charge is 0.451 e. The van der Waals surface area contributed by atoms with E-state index in [1.165, 1.54) is 0 Å². The van der Waals surface area contributed by atoms with Gasteiger partial charge in [0.15, 0.2) is 5.82 Å². The minimum absolute atomic E-state index is 0.0964. The standard InChI is InChI=1S/C20H27F3N6O/c1-12(2)29-18(14-4-5-16(8-14)28-6-7-30-13(3)11-28)26-17(27-29)15-9-24-19(25-10-15)20(21,22)23/h9-10,12-14,16H,4-8,11H2,1-3H3/t13-,14+,16-/m0/s1. The summed E-state index contributed by atoms with van der Waals surface area (Å²) in [5, 5.41) is 4.58. The van der Waals surface area contributed by atoms with Crippen molar-refractivity contribution in [2.45, 2.75) is 70.3 Å². The summed E-state index contributed by atoms with van der Waals surface area (Å²) >= 11 is 0. The molecule has 0 aromatic carbocycles. The van der Waals surface area contributed by atoms with Gasteiger partial charge in [0, 0.05) is 43.5 Å². The summed E-state index contributed by atoms with van der Waals surface area (Å²) in [6.45, 7) is 8.83. The Balaban J connectivity index is 1.55. The normalized spacial score (nSPS) is 25.9. The number of aromatic nitrogens is 5. The van der Waals surface area contributed by atoms with Crippen molar-refractivity contribution in [3.63, 3.8) is 0 Å². The lowest BCUT2D eigenvalue weighted by molar-refractivity contribution is -0.144. The molecule has 2 aromatic heterocycles. The first kappa shape index (κ1) is 21.2. The Kier molecular flexibility index (Phi) is 5.80. The third-order valence-corrected chi connectivity index (χ3v) is 5.87. The molecule has 0 bridgehead atoms. The molecular formula is C20H27F3N6O. The lowest BCUT2D eigenvalue weighted by atomic mass is 10.1. The van der Waals surface area contributed by atoms with E-state index in [-0.39, 0.29) is 18.1 Å². The number of rotatable bonds is 4. The van der Waals surface area contributed by atoms with Crippen LogP contribution >= 0.6 is 0 Å². The summed E-state index contributed by atoms with van der Waals surface area (Å²) < 4.78 is 45.8. The van der Waals surface area contributed by atoms with Crippen molar-refractivity contribution < 1.29 is 17.9 Å². The molecule has 0 unspecified atom stereocenters. The van der Waals surface area contributed by atoms with Crippen molar-refractivity contribution in [3.05, 3.63) is 24.0 Å². The molecule has 0 spiro atoms. The molecule has 0 amide bonds. The van der Waals surface area contributed by atoms with Crippen molar-refractivity contribution in [2.24, 2.45) is 0 Å². The third kappa shape index (κ3) is 4.34. The van der Waals surface area contributed by atoms with E-state index in [0.717, 1.165) is 57.2 Å². The highest BCUT2D eigenvalue weighted by atomic mass is 19.4. The minimum Gasteiger partial charge on any atom is -0.376 e. The summed E-state index contributed by atoms with van der Waals surface area (Å²) in [5.74, 6) is 0.375. The first-order chi connectivity index (χ1) is 14.2. The molecule has 30 heavy (non-hydrogen) atoms. The summed E-state index contributed by atoms with van der Waals surface area (Å²) in [7, 11) is 0. The van der Waals surface area contributed by atoms with Gasteiger partial charge in [-0.1, -0.05) is 0 Å². The fraction of sp³-hybridized carbons (Fsp3) is 0.700. The maximum absolute atomic E-state index is 12.7. The molecule has 7 nitrogen and oxygen atoms in total. The summed E-state index contributed by atoms with van der Waals surface area (Å²) in [6, 6.07) is 0.593. The Labute approximate surface area is 173 Å². The molecule has 1 aliphatic heterocycles. The topological polar surface area (TPSA) is 69.0 Å². The van der Waals surface area contributed by atoms with Crippen LogP contribution in [0.25, 0.3) is 11.4 Å². The van der Waals surface area contributed by atoms with Crippen molar-refractivity contribution in [2.75, 3.05) is 19.7 Å². The lowest BCUT2D eigenvalue weighted by Crippen LogP contribution is -2.45. The van der Waals surface area contributed by atoms with Gasteiger partial charge in [-0.15, -0.1) is 0 Å². The SMILES string of the molecule is CC(C)n1nc(-c2cnc(C(F)(F)F)nc2)nc1[C@@H]1CC[C@H](N2CCO[C@@H](C)C2)C1. The second-order valence-corrected chi connectivity index (χ2v) is 8.47. The smallest absolute Gasteiger partial charge is 0.376 e. The van der Waals surface area contributed by atoms with E-state index in [1.807, 2.05) is 18.5 Å². The van der Waals surface area contributed by atoms with Crippen molar-refractivity contribution in [3.8, 4) is 11.4 Å². The van der Waals surface area contributed by atoms with Crippen LogP contribution in [-0.2, 0) is 10.9 Å². The quantitative estimate of drug-likeness (QED) is 0.746. The Morgan fingerprint density at radius 3 is 2.53 bits per heavy atom. The zero-order valence-corrected chi connectivity index (χ0v) is 17.4. The highest BCUT2D eigenvalue weighted by Gasteiger charge is 2.36. The summed E-state index contributed by atoms with van der Waals surface area (Å²) in [5.41, 5.74) is 0.389. The molecule has 10 heteroatoms. The fourth-order valence-corrected chi connectivity index (χ4v) is 4.41. The highest BCUT2D eigenvalue weighted by Crippen LogP contribution is 2.38. The maximum atomic E-state index is 12.7. The number of halogens is 3. The molecule has 1 saturated carbocycles. The molecule has 4 rings (SSSR count). The molecular weight excluding hydrogens is 397 g/mol. The predicted octanol–water partition coefficient (Wildman–Crippen LogP) is 3.69. The van der Waals surface area contributed by atoms with Gasteiger partial charge in [-0.25, -0.2) is 19.6 Å². The first-order valence-corrected chi connectivity index (χ1v) is 10.4. The number of morpholine rings is 1. The van der Waals surface area contributed by atoms with Gasteiger partial charge < -0.3 is 4.74 Å². The van der Waals surface area contributed by atoms with Gasteiger partial charge >= 0.3 is 6.18 Å². The Hall–Kier alpha value is -2.07. The molecule has 0 radical (unpaired) electrons.